The molecule has 1 heterocycles. The van der Waals surface area contributed by atoms with Crippen LogP contribution in [0.4, 0.5) is 5.69 Å². The number of aromatic amines is 1. The summed E-state index contributed by atoms with van der Waals surface area (Å²) in [7, 11) is 0. The summed E-state index contributed by atoms with van der Waals surface area (Å²) in [6.07, 6.45) is 1.13. The molecule has 28 heavy (non-hydrogen) atoms. The molecule has 144 valence electrons. The van der Waals surface area contributed by atoms with Crippen molar-refractivity contribution in [1.82, 2.24) is 9.55 Å². The Hall–Kier alpha value is -3.61. The number of H-pyrrole nitrogens is 1. The molecule has 1 aromatic heterocycles. The Labute approximate surface area is 161 Å². The van der Waals surface area contributed by atoms with E-state index in [1.807, 2.05) is 26.8 Å². The zero-order valence-electron chi connectivity index (χ0n) is 15.9. The molecule has 3 rings (SSSR count). The summed E-state index contributed by atoms with van der Waals surface area (Å²) >= 11 is 0. The molecule has 2 N–H and O–H groups in total. The normalized spacial score (nSPS) is 10.5. The molecule has 0 unspecified atom stereocenters. The van der Waals surface area contributed by atoms with Gasteiger partial charge in [-0.3, -0.25) is 9.59 Å². The fourth-order valence-corrected chi connectivity index (χ4v) is 2.78. The number of nitrogens with one attached hydrogen (secondary N) is 2. The summed E-state index contributed by atoms with van der Waals surface area (Å²) in [6, 6.07) is 12.2. The molecule has 0 aliphatic rings. The molecular weight excluding hydrogens is 358 g/mol. The summed E-state index contributed by atoms with van der Waals surface area (Å²) in [4.78, 5) is 40.3. The highest BCUT2D eigenvalue weighted by Crippen LogP contribution is 2.24. The third-order valence-corrected chi connectivity index (χ3v) is 4.40. The van der Waals surface area contributed by atoms with Gasteiger partial charge in [0.05, 0.1) is 18.0 Å². The van der Waals surface area contributed by atoms with Crippen molar-refractivity contribution < 1.29 is 9.53 Å². The van der Waals surface area contributed by atoms with Gasteiger partial charge in [-0.25, -0.2) is 9.36 Å². The predicted molar refractivity (Wildman–Crippen MR) is 108 cm³/mol. The maximum atomic E-state index is 12.9. The fraction of sp³-hybridized carbons (Fsp3) is 0.190. The van der Waals surface area contributed by atoms with E-state index in [-0.39, 0.29) is 5.56 Å². The van der Waals surface area contributed by atoms with Crippen LogP contribution < -0.4 is 21.3 Å². The van der Waals surface area contributed by atoms with E-state index in [1.54, 1.807) is 36.4 Å². The number of hydrogen-bond donors (Lipinski definition) is 2. The van der Waals surface area contributed by atoms with Gasteiger partial charge in [0.2, 0.25) is 0 Å². The fourth-order valence-electron chi connectivity index (χ4n) is 2.78. The molecule has 7 nitrogen and oxygen atoms in total. The van der Waals surface area contributed by atoms with Crippen molar-refractivity contribution in [3.05, 3.63) is 86.2 Å². The molecule has 0 spiro atoms. The number of ether oxygens (including phenoxy) is 1. The van der Waals surface area contributed by atoms with Crippen molar-refractivity contribution >= 4 is 11.6 Å². The van der Waals surface area contributed by atoms with Crippen molar-refractivity contribution in [2.75, 3.05) is 11.9 Å². The largest absolute Gasteiger partial charge is 0.492 e. The van der Waals surface area contributed by atoms with Crippen molar-refractivity contribution in [1.29, 1.82) is 0 Å². The van der Waals surface area contributed by atoms with Gasteiger partial charge < -0.3 is 15.0 Å². The predicted octanol–water partition coefficient (Wildman–Crippen LogP) is 2.79. The van der Waals surface area contributed by atoms with Crippen LogP contribution >= 0.6 is 0 Å². The van der Waals surface area contributed by atoms with Gasteiger partial charge >= 0.3 is 5.69 Å². The molecule has 3 aromatic rings. The quantitative estimate of drug-likeness (QED) is 0.713. The maximum absolute atomic E-state index is 12.9. The summed E-state index contributed by atoms with van der Waals surface area (Å²) in [5.74, 6) is -0.136. The lowest BCUT2D eigenvalue weighted by Crippen LogP contribution is -2.38. The van der Waals surface area contributed by atoms with Crippen LogP contribution in [0.15, 0.2) is 58.3 Å². The molecule has 2 aromatic carbocycles. The number of benzene rings is 2. The van der Waals surface area contributed by atoms with E-state index >= 15 is 0 Å². The Balaban J connectivity index is 2.02. The van der Waals surface area contributed by atoms with E-state index in [0.717, 1.165) is 21.9 Å². The molecule has 0 atom stereocenters. The van der Waals surface area contributed by atoms with E-state index in [0.29, 0.717) is 23.7 Å². The molecule has 0 bridgehead atoms. The second-order valence-corrected chi connectivity index (χ2v) is 6.30. The molecule has 0 saturated carbocycles. The molecule has 7 heteroatoms. The SMILES string of the molecule is CCOc1ccccc1NC(=O)c1c[nH]c(=O)n(-c2ccc(C)c(C)c2)c1=O. The van der Waals surface area contributed by atoms with Crippen LogP contribution in [0, 0.1) is 13.8 Å². The number of aryl methyl sites for hydroxylation is 2. The summed E-state index contributed by atoms with van der Waals surface area (Å²) in [6.45, 7) is 6.10. The first-order chi connectivity index (χ1) is 13.4. The third-order valence-electron chi connectivity index (χ3n) is 4.40. The number of rotatable bonds is 5. The number of anilines is 1. The van der Waals surface area contributed by atoms with Gasteiger partial charge in [0.1, 0.15) is 11.3 Å². The molecule has 0 radical (unpaired) electrons. The molecule has 0 aliphatic carbocycles. The molecular formula is C21H21N3O4. The highest BCUT2D eigenvalue weighted by atomic mass is 16.5. The second-order valence-electron chi connectivity index (χ2n) is 6.30. The Morgan fingerprint density at radius 2 is 1.86 bits per heavy atom. The third kappa shape index (κ3) is 3.73. The number of aromatic nitrogens is 2. The van der Waals surface area contributed by atoms with Crippen LogP contribution in [-0.2, 0) is 0 Å². The number of para-hydroxylation sites is 2. The smallest absolute Gasteiger partial charge is 0.333 e. The van der Waals surface area contributed by atoms with E-state index in [2.05, 4.69) is 10.3 Å². The zero-order valence-corrected chi connectivity index (χ0v) is 15.9. The number of hydrogen-bond acceptors (Lipinski definition) is 4. The standard InChI is InChI=1S/C21H21N3O4/c1-4-28-18-8-6-5-7-17(18)23-19(25)16-12-22-21(27)24(20(16)26)15-10-9-13(2)14(3)11-15/h5-12H,4H2,1-3H3,(H,22,27)(H,23,25). The Morgan fingerprint density at radius 3 is 2.57 bits per heavy atom. The average molecular weight is 379 g/mol. The zero-order chi connectivity index (χ0) is 20.3. The van der Waals surface area contributed by atoms with E-state index < -0.39 is 17.2 Å². The monoisotopic (exact) mass is 379 g/mol. The van der Waals surface area contributed by atoms with Gasteiger partial charge in [-0.1, -0.05) is 18.2 Å². The van der Waals surface area contributed by atoms with Crippen LogP contribution in [0.25, 0.3) is 5.69 Å². The van der Waals surface area contributed by atoms with Gasteiger partial charge in [0.15, 0.2) is 0 Å². The van der Waals surface area contributed by atoms with Crippen LogP contribution in [0.3, 0.4) is 0 Å². The van der Waals surface area contributed by atoms with Crippen LogP contribution in [0.1, 0.15) is 28.4 Å². The highest BCUT2D eigenvalue weighted by molar-refractivity contribution is 6.04. The van der Waals surface area contributed by atoms with Gasteiger partial charge in [0.25, 0.3) is 11.5 Å². The first-order valence-electron chi connectivity index (χ1n) is 8.88. The lowest BCUT2D eigenvalue weighted by Gasteiger charge is -2.12. The number of carbonyl (C=O) groups is 1. The van der Waals surface area contributed by atoms with Crippen molar-refractivity contribution in [2.24, 2.45) is 0 Å². The number of amides is 1. The van der Waals surface area contributed by atoms with Gasteiger partial charge in [0, 0.05) is 6.20 Å². The molecule has 0 fully saturated rings. The first kappa shape index (κ1) is 19.2. The topological polar surface area (TPSA) is 93.2 Å². The van der Waals surface area contributed by atoms with Crippen LogP contribution in [0.5, 0.6) is 5.75 Å². The lowest BCUT2D eigenvalue weighted by atomic mass is 10.1. The minimum absolute atomic E-state index is 0.177. The Morgan fingerprint density at radius 1 is 1.11 bits per heavy atom. The summed E-state index contributed by atoms with van der Waals surface area (Å²) in [5, 5.41) is 2.67. The minimum Gasteiger partial charge on any atom is -0.492 e. The van der Waals surface area contributed by atoms with Crippen LogP contribution in [-0.4, -0.2) is 22.1 Å². The molecule has 0 aliphatic heterocycles. The Kier molecular flexibility index (Phi) is 5.44. The summed E-state index contributed by atoms with van der Waals surface area (Å²) < 4.78 is 6.44. The van der Waals surface area contributed by atoms with E-state index in [1.165, 1.54) is 0 Å². The first-order valence-corrected chi connectivity index (χ1v) is 8.88. The molecule has 0 saturated heterocycles. The minimum atomic E-state index is -0.696. The van der Waals surface area contributed by atoms with Crippen LogP contribution in [0.2, 0.25) is 0 Å². The van der Waals surface area contributed by atoms with E-state index in [9.17, 15) is 14.4 Å². The van der Waals surface area contributed by atoms with E-state index in [4.69, 9.17) is 4.74 Å². The van der Waals surface area contributed by atoms with Crippen molar-refractivity contribution in [3.8, 4) is 11.4 Å². The summed E-state index contributed by atoms with van der Waals surface area (Å²) in [5.41, 5.74) is 1.33. The second kappa shape index (κ2) is 7.96. The van der Waals surface area contributed by atoms with Gasteiger partial charge in [-0.05, 0) is 56.2 Å². The maximum Gasteiger partial charge on any atom is 0.333 e. The molecule has 1 amide bonds. The number of carbonyl (C=O) groups excluding carboxylic acids is 1. The highest BCUT2D eigenvalue weighted by Gasteiger charge is 2.17. The lowest BCUT2D eigenvalue weighted by molar-refractivity contribution is 0.102. The van der Waals surface area contributed by atoms with Gasteiger partial charge in [-0.2, -0.15) is 0 Å². The van der Waals surface area contributed by atoms with Crippen molar-refractivity contribution in [3.63, 3.8) is 0 Å². The number of nitrogens with zero attached hydrogens (tertiary/aromatic N) is 1. The van der Waals surface area contributed by atoms with Gasteiger partial charge in [-0.15, -0.1) is 0 Å². The van der Waals surface area contributed by atoms with Crippen molar-refractivity contribution in [2.45, 2.75) is 20.8 Å². The Bertz CT molecular complexity index is 1140. The average Bonchev–Trinajstić information content (AvgIpc) is 2.66.